The van der Waals surface area contributed by atoms with Crippen LogP contribution in [0.25, 0.3) is 11.0 Å². The number of nitrogens with zero attached hydrogens (tertiary/aromatic N) is 1. The molecule has 1 amide bonds. The number of para-hydroxylation sites is 1. The summed E-state index contributed by atoms with van der Waals surface area (Å²) in [5.74, 6) is -0.770. The summed E-state index contributed by atoms with van der Waals surface area (Å²) in [6, 6.07) is 11.0. The Labute approximate surface area is 160 Å². The molecule has 0 saturated carbocycles. The summed E-state index contributed by atoms with van der Waals surface area (Å²) in [7, 11) is 0. The number of likely N-dealkylation sites (N-methyl/N-ethyl adjacent to an activating group) is 1. The second-order valence-corrected chi connectivity index (χ2v) is 7.54. The van der Waals surface area contributed by atoms with E-state index in [0.717, 1.165) is 10.3 Å². The van der Waals surface area contributed by atoms with Gasteiger partial charge in [0, 0.05) is 22.4 Å². The Morgan fingerprint density at radius 3 is 2.65 bits per heavy atom. The van der Waals surface area contributed by atoms with E-state index in [2.05, 4.69) is 0 Å². The Bertz CT molecular complexity index is 946. The van der Waals surface area contributed by atoms with E-state index >= 15 is 0 Å². The Morgan fingerprint density at radius 1 is 1.23 bits per heavy atom. The van der Waals surface area contributed by atoms with Crippen LogP contribution in [-0.2, 0) is 16.1 Å². The van der Waals surface area contributed by atoms with Crippen molar-refractivity contribution < 1.29 is 18.7 Å². The van der Waals surface area contributed by atoms with E-state index in [1.165, 1.54) is 11.3 Å². The highest BCUT2D eigenvalue weighted by molar-refractivity contribution is 7.16. The van der Waals surface area contributed by atoms with E-state index < -0.39 is 5.97 Å². The highest BCUT2D eigenvalue weighted by Gasteiger charge is 2.21. The predicted molar refractivity (Wildman–Crippen MR) is 102 cm³/mol. The maximum Gasteiger partial charge on any atom is 0.375 e. The van der Waals surface area contributed by atoms with Crippen LogP contribution < -0.4 is 0 Å². The fourth-order valence-electron chi connectivity index (χ4n) is 2.65. The quantitative estimate of drug-likeness (QED) is 0.573. The number of carbonyl (C=O) groups is 2. The van der Waals surface area contributed by atoms with Gasteiger partial charge in [0.1, 0.15) is 5.58 Å². The molecule has 0 aliphatic rings. The van der Waals surface area contributed by atoms with Crippen molar-refractivity contribution in [3.05, 3.63) is 56.9 Å². The highest BCUT2D eigenvalue weighted by Crippen LogP contribution is 2.25. The molecule has 7 heteroatoms. The third-order valence-corrected chi connectivity index (χ3v) is 5.28. The van der Waals surface area contributed by atoms with Gasteiger partial charge in [-0.3, -0.25) is 4.79 Å². The lowest BCUT2D eigenvalue weighted by atomic mass is 10.1. The summed E-state index contributed by atoms with van der Waals surface area (Å²) in [5, 5.41) is 0.857. The number of hydrogen-bond donors (Lipinski definition) is 0. The first-order valence-corrected chi connectivity index (χ1v) is 9.36. The smallest absolute Gasteiger partial charge is 0.375 e. The van der Waals surface area contributed by atoms with Crippen LogP contribution in [-0.4, -0.2) is 29.9 Å². The van der Waals surface area contributed by atoms with Crippen LogP contribution in [0.2, 0.25) is 4.34 Å². The summed E-state index contributed by atoms with van der Waals surface area (Å²) in [5.41, 5.74) is 1.33. The molecule has 26 heavy (non-hydrogen) atoms. The summed E-state index contributed by atoms with van der Waals surface area (Å²) in [6.45, 7) is 4.28. The number of fused-ring (bicyclic) bond motifs is 1. The standard InChI is InChI=1S/C19H18ClNO4S/c1-3-21(10-13-8-9-16(20)26-13)17(22)11-24-19(23)18-12(2)14-6-4-5-7-15(14)25-18/h4-9H,3,10-11H2,1-2H3. The number of furan rings is 1. The number of carbonyl (C=O) groups excluding carboxylic acids is 2. The summed E-state index contributed by atoms with van der Waals surface area (Å²) in [4.78, 5) is 27.3. The number of esters is 1. The zero-order chi connectivity index (χ0) is 18.7. The lowest BCUT2D eigenvalue weighted by Gasteiger charge is -2.19. The maximum atomic E-state index is 12.4. The van der Waals surface area contributed by atoms with Gasteiger partial charge in [-0.15, -0.1) is 11.3 Å². The Hall–Kier alpha value is -2.31. The Balaban J connectivity index is 1.63. The molecule has 3 aromatic rings. The molecule has 0 bridgehead atoms. The molecule has 0 fully saturated rings. The molecule has 0 spiro atoms. The van der Waals surface area contributed by atoms with Gasteiger partial charge in [0.05, 0.1) is 10.9 Å². The lowest BCUT2D eigenvalue weighted by molar-refractivity contribution is -0.134. The number of amides is 1. The lowest BCUT2D eigenvalue weighted by Crippen LogP contribution is -2.33. The van der Waals surface area contributed by atoms with Crippen LogP contribution in [0.15, 0.2) is 40.8 Å². The third kappa shape index (κ3) is 3.92. The van der Waals surface area contributed by atoms with Gasteiger partial charge in [-0.25, -0.2) is 4.79 Å². The van der Waals surface area contributed by atoms with E-state index in [1.807, 2.05) is 31.2 Å². The molecule has 0 saturated heterocycles. The normalized spacial score (nSPS) is 10.9. The van der Waals surface area contributed by atoms with E-state index in [-0.39, 0.29) is 18.3 Å². The van der Waals surface area contributed by atoms with Crippen molar-refractivity contribution in [2.24, 2.45) is 0 Å². The first kappa shape index (κ1) is 18.5. The maximum absolute atomic E-state index is 12.4. The van der Waals surface area contributed by atoms with Crippen molar-refractivity contribution in [3.8, 4) is 0 Å². The number of aryl methyl sites for hydroxylation is 1. The number of hydrogen-bond acceptors (Lipinski definition) is 5. The predicted octanol–water partition coefficient (Wildman–Crippen LogP) is 4.66. The molecule has 0 N–H and O–H groups in total. The summed E-state index contributed by atoms with van der Waals surface area (Å²) < 4.78 is 11.4. The van der Waals surface area contributed by atoms with Gasteiger partial charge < -0.3 is 14.1 Å². The second-order valence-electron chi connectivity index (χ2n) is 5.74. The molecule has 0 aliphatic carbocycles. The molecular formula is C19H18ClNO4S. The number of benzene rings is 1. The van der Waals surface area contributed by atoms with Crippen LogP contribution in [0.4, 0.5) is 0 Å². The van der Waals surface area contributed by atoms with Crippen LogP contribution in [0, 0.1) is 6.92 Å². The third-order valence-electron chi connectivity index (χ3n) is 4.07. The monoisotopic (exact) mass is 391 g/mol. The molecule has 2 aromatic heterocycles. The van der Waals surface area contributed by atoms with Crippen LogP contribution in [0.1, 0.15) is 27.9 Å². The molecule has 5 nitrogen and oxygen atoms in total. The molecule has 1 aromatic carbocycles. The molecule has 0 aliphatic heterocycles. The first-order chi connectivity index (χ1) is 12.5. The van der Waals surface area contributed by atoms with E-state index in [1.54, 1.807) is 24.0 Å². The van der Waals surface area contributed by atoms with Gasteiger partial charge in [0.15, 0.2) is 6.61 Å². The topological polar surface area (TPSA) is 59.8 Å². The van der Waals surface area contributed by atoms with Crippen molar-refractivity contribution in [3.63, 3.8) is 0 Å². The van der Waals surface area contributed by atoms with Gasteiger partial charge in [-0.2, -0.15) is 0 Å². The molecular weight excluding hydrogens is 374 g/mol. The average molecular weight is 392 g/mol. The molecule has 0 unspecified atom stereocenters. The van der Waals surface area contributed by atoms with Crippen LogP contribution >= 0.6 is 22.9 Å². The minimum absolute atomic E-state index is 0.132. The van der Waals surface area contributed by atoms with Gasteiger partial charge in [0.2, 0.25) is 5.76 Å². The molecule has 0 radical (unpaired) electrons. The van der Waals surface area contributed by atoms with Crippen molar-refractivity contribution in [2.75, 3.05) is 13.2 Å². The van der Waals surface area contributed by atoms with Crippen molar-refractivity contribution in [1.29, 1.82) is 0 Å². The summed E-state index contributed by atoms with van der Waals surface area (Å²) >= 11 is 7.34. The Kier molecular flexibility index (Phi) is 5.64. The number of ether oxygens (including phenoxy) is 1. The zero-order valence-electron chi connectivity index (χ0n) is 14.5. The number of thiophene rings is 1. The fraction of sp³-hybridized carbons (Fsp3) is 0.263. The van der Waals surface area contributed by atoms with Crippen molar-refractivity contribution in [2.45, 2.75) is 20.4 Å². The van der Waals surface area contributed by atoms with Gasteiger partial charge >= 0.3 is 5.97 Å². The largest absolute Gasteiger partial charge is 0.450 e. The second kappa shape index (κ2) is 7.93. The van der Waals surface area contributed by atoms with E-state index in [9.17, 15) is 9.59 Å². The summed E-state index contributed by atoms with van der Waals surface area (Å²) in [6.07, 6.45) is 0. The first-order valence-electron chi connectivity index (χ1n) is 8.16. The van der Waals surface area contributed by atoms with E-state index in [4.69, 9.17) is 20.8 Å². The molecule has 3 rings (SSSR count). The SMILES string of the molecule is CCN(Cc1ccc(Cl)s1)C(=O)COC(=O)c1oc2ccccc2c1C. The van der Waals surface area contributed by atoms with Crippen molar-refractivity contribution in [1.82, 2.24) is 4.90 Å². The average Bonchev–Trinajstić information content (AvgIpc) is 3.21. The Morgan fingerprint density at radius 2 is 2.00 bits per heavy atom. The minimum Gasteiger partial charge on any atom is -0.450 e. The van der Waals surface area contributed by atoms with Crippen LogP contribution in [0.5, 0.6) is 0 Å². The molecule has 136 valence electrons. The van der Waals surface area contributed by atoms with E-state index in [0.29, 0.717) is 28.6 Å². The van der Waals surface area contributed by atoms with Gasteiger partial charge in [-0.1, -0.05) is 29.8 Å². The van der Waals surface area contributed by atoms with Gasteiger partial charge in [-0.05, 0) is 32.0 Å². The van der Waals surface area contributed by atoms with Crippen LogP contribution in [0.3, 0.4) is 0 Å². The minimum atomic E-state index is -0.637. The van der Waals surface area contributed by atoms with Gasteiger partial charge in [0.25, 0.3) is 5.91 Å². The zero-order valence-corrected chi connectivity index (χ0v) is 16.0. The number of halogens is 1. The number of rotatable bonds is 6. The van der Waals surface area contributed by atoms with Crippen molar-refractivity contribution >= 4 is 45.8 Å². The molecule has 0 atom stereocenters. The highest BCUT2D eigenvalue weighted by atomic mass is 35.5. The molecule has 2 heterocycles. The fourth-order valence-corrected chi connectivity index (χ4v) is 3.76.